The Balaban J connectivity index is 1.58. The lowest BCUT2D eigenvalue weighted by Gasteiger charge is -2.12. The number of rotatable bonds is 11. The van der Waals surface area contributed by atoms with Gasteiger partial charge in [-0.3, -0.25) is 4.79 Å². The molecule has 7 nitrogen and oxygen atoms in total. The van der Waals surface area contributed by atoms with E-state index in [0.717, 1.165) is 37.0 Å². The fourth-order valence-corrected chi connectivity index (χ4v) is 4.37. The van der Waals surface area contributed by atoms with Gasteiger partial charge < -0.3 is 14.8 Å². The maximum Gasteiger partial charge on any atom is 0.251 e. The number of sulfonamides is 1. The molecular weight excluding hydrogens is 416 g/mol. The summed E-state index contributed by atoms with van der Waals surface area (Å²) in [5, 5.41) is 2.84. The highest BCUT2D eigenvalue weighted by molar-refractivity contribution is 7.89. The molecule has 0 radical (unpaired) electrons. The summed E-state index contributed by atoms with van der Waals surface area (Å²) in [5.41, 5.74) is 1.19. The molecule has 31 heavy (non-hydrogen) atoms. The first-order valence-corrected chi connectivity index (χ1v) is 12.2. The third-order valence-corrected chi connectivity index (χ3v) is 6.47. The Labute approximate surface area is 184 Å². The molecule has 1 aliphatic heterocycles. The Morgan fingerprint density at radius 2 is 2.03 bits per heavy atom. The largest absolute Gasteiger partial charge is 0.494 e. The number of carbonyl (C=O) groups excluding carboxylic acids is 1. The van der Waals surface area contributed by atoms with E-state index in [2.05, 4.69) is 17.0 Å². The summed E-state index contributed by atoms with van der Waals surface area (Å²) in [6.45, 7) is 3.98. The first kappa shape index (κ1) is 23.2. The fraction of sp³-hybridized carbons (Fsp3) is 0.435. The molecule has 0 saturated carbocycles. The van der Waals surface area contributed by atoms with Crippen LogP contribution in [-0.4, -0.2) is 40.2 Å². The molecule has 1 unspecified atom stereocenters. The summed E-state index contributed by atoms with van der Waals surface area (Å²) in [4.78, 5) is 12.6. The van der Waals surface area contributed by atoms with Crippen LogP contribution in [0.2, 0.25) is 0 Å². The number of unbranched alkanes of at least 4 members (excludes halogenated alkanes) is 1. The molecule has 3 rings (SSSR count). The Hall–Kier alpha value is -2.42. The summed E-state index contributed by atoms with van der Waals surface area (Å²) in [6, 6.07) is 13.6. The zero-order chi connectivity index (χ0) is 22.1. The summed E-state index contributed by atoms with van der Waals surface area (Å²) in [5.74, 6) is 0.430. The van der Waals surface area contributed by atoms with E-state index >= 15 is 0 Å². The van der Waals surface area contributed by atoms with E-state index in [4.69, 9.17) is 9.47 Å². The van der Waals surface area contributed by atoms with Crippen molar-refractivity contribution in [3.63, 3.8) is 0 Å². The number of benzene rings is 2. The predicted octanol–water partition coefficient (Wildman–Crippen LogP) is 3.25. The highest BCUT2D eigenvalue weighted by atomic mass is 32.2. The molecule has 168 valence electrons. The van der Waals surface area contributed by atoms with Crippen LogP contribution in [0.4, 0.5) is 0 Å². The van der Waals surface area contributed by atoms with Crippen molar-refractivity contribution in [2.45, 2.75) is 50.2 Å². The SMILES string of the molecule is CCCCOc1cccc(CNC(=O)c2cccc(S(=O)(=O)NCC3CCCO3)c2)c1. The number of hydrogen-bond donors (Lipinski definition) is 2. The highest BCUT2D eigenvalue weighted by Crippen LogP contribution is 2.16. The third kappa shape index (κ3) is 7.05. The summed E-state index contributed by atoms with van der Waals surface area (Å²) < 4.78 is 38.9. The molecule has 8 heteroatoms. The smallest absolute Gasteiger partial charge is 0.251 e. The van der Waals surface area contributed by atoms with Crippen molar-refractivity contribution in [3.8, 4) is 5.75 Å². The molecule has 0 aliphatic carbocycles. The van der Waals surface area contributed by atoms with E-state index in [9.17, 15) is 13.2 Å². The van der Waals surface area contributed by atoms with Crippen molar-refractivity contribution in [3.05, 3.63) is 59.7 Å². The van der Waals surface area contributed by atoms with Crippen LogP contribution in [0, 0.1) is 0 Å². The van der Waals surface area contributed by atoms with Gasteiger partial charge in [0.2, 0.25) is 10.0 Å². The van der Waals surface area contributed by atoms with Crippen LogP contribution in [-0.2, 0) is 21.3 Å². The Morgan fingerprint density at radius 3 is 2.81 bits per heavy atom. The molecule has 1 atom stereocenters. The number of amides is 1. The topological polar surface area (TPSA) is 93.7 Å². The van der Waals surface area contributed by atoms with E-state index in [1.54, 1.807) is 12.1 Å². The van der Waals surface area contributed by atoms with Crippen LogP contribution in [0.15, 0.2) is 53.4 Å². The summed E-state index contributed by atoms with van der Waals surface area (Å²) in [6.07, 6.45) is 3.74. The molecule has 1 amide bonds. The van der Waals surface area contributed by atoms with Gasteiger partial charge in [-0.25, -0.2) is 13.1 Å². The lowest BCUT2D eigenvalue weighted by Crippen LogP contribution is -2.32. The van der Waals surface area contributed by atoms with E-state index in [-0.39, 0.29) is 29.0 Å². The van der Waals surface area contributed by atoms with Crippen molar-refractivity contribution < 1.29 is 22.7 Å². The lowest BCUT2D eigenvalue weighted by molar-refractivity contribution is 0.0950. The van der Waals surface area contributed by atoms with Gasteiger partial charge in [-0.1, -0.05) is 31.5 Å². The van der Waals surface area contributed by atoms with Gasteiger partial charge in [0.05, 0.1) is 17.6 Å². The van der Waals surface area contributed by atoms with E-state index in [0.29, 0.717) is 19.8 Å². The molecule has 1 aliphatic rings. The molecule has 0 bridgehead atoms. The minimum absolute atomic E-state index is 0.0597. The number of hydrogen-bond acceptors (Lipinski definition) is 5. The van der Waals surface area contributed by atoms with E-state index < -0.39 is 10.0 Å². The molecule has 0 spiro atoms. The van der Waals surface area contributed by atoms with Gasteiger partial charge in [0.25, 0.3) is 5.91 Å². The van der Waals surface area contributed by atoms with Gasteiger partial charge >= 0.3 is 0 Å². The van der Waals surface area contributed by atoms with Crippen molar-refractivity contribution >= 4 is 15.9 Å². The third-order valence-electron chi connectivity index (χ3n) is 5.05. The molecule has 2 N–H and O–H groups in total. The zero-order valence-corrected chi connectivity index (χ0v) is 18.6. The summed E-state index contributed by atoms with van der Waals surface area (Å²) in [7, 11) is -3.71. The first-order chi connectivity index (χ1) is 15.0. The van der Waals surface area contributed by atoms with Gasteiger partial charge in [0, 0.05) is 25.3 Å². The average molecular weight is 447 g/mol. The fourth-order valence-electron chi connectivity index (χ4n) is 3.26. The Morgan fingerprint density at radius 1 is 1.19 bits per heavy atom. The van der Waals surface area contributed by atoms with Crippen LogP contribution in [0.25, 0.3) is 0 Å². The quantitative estimate of drug-likeness (QED) is 0.517. The molecule has 2 aromatic carbocycles. The minimum atomic E-state index is -3.71. The maximum absolute atomic E-state index is 12.6. The molecule has 1 heterocycles. The Bertz CT molecular complexity index is 971. The second-order valence-corrected chi connectivity index (χ2v) is 9.31. The van der Waals surface area contributed by atoms with Crippen molar-refractivity contribution in [2.24, 2.45) is 0 Å². The number of carbonyl (C=O) groups is 1. The van der Waals surface area contributed by atoms with E-state index in [1.165, 1.54) is 12.1 Å². The highest BCUT2D eigenvalue weighted by Gasteiger charge is 2.21. The second kappa shape index (κ2) is 11.3. The predicted molar refractivity (Wildman–Crippen MR) is 119 cm³/mol. The van der Waals surface area contributed by atoms with Crippen LogP contribution >= 0.6 is 0 Å². The Kier molecular flexibility index (Phi) is 8.45. The van der Waals surface area contributed by atoms with Gasteiger partial charge in [-0.2, -0.15) is 0 Å². The van der Waals surface area contributed by atoms with Crippen LogP contribution < -0.4 is 14.8 Å². The first-order valence-electron chi connectivity index (χ1n) is 10.7. The maximum atomic E-state index is 12.6. The minimum Gasteiger partial charge on any atom is -0.494 e. The second-order valence-electron chi connectivity index (χ2n) is 7.55. The molecule has 1 fully saturated rings. The molecule has 0 aromatic heterocycles. The molecule has 1 saturated heterocycles. The van der Waals surface area contributed by atoms with Crippen molar-refractivity contribution in [1.82, 2.24) is 10.0 Å². The summed E-state index contributed by atoms with van der Waals surface area (Å²) >= 11 is 0. The van der Waals surface area contributed by atoms with Gasteiger partial charge in [0.1, 0.15) is 5.75 Å². The number of nitrogens with one attached hydrogen (secondary N) is 2. The average Bonchev–Trinajstić information content (AvgIpc) is 3.31. The molecule has 2 aromatic rings. The van der Waals surface area contributed by atoms with E-state index in [1.807, 2.05) is 24.3 Å². The normalized spacial score (nSPS) is 16.2. The standard InChI is InChI=1S/C23H30N2O5S/c1-2-3-12-29-20-9-4-7-18(14-20)16-24-23(26)19-8-5-11-22(15-19)31(27,28)25-17-21-10-6-13-30-21/h4-5,7-9,11,14-15,21,25H,2-3,6,10,12-13,16-17H2,1H3,(H,24,26). The molecular formula is C23H30N2O5S. The van der Waals surface area contributed by atoms with Crippen LogP contribution in [0.5, 0.6) is 5.75 Å². The van der Waals surface area contributed by atoms with Gasteiger partial charge in [0.15, 0.2) is 0 Å². The number of ether oxygens (including phenoxy) is 2. The van der Waals surface area contributed by atoms with Gasteiger partial charge in [-0.15, -0.1) is 0 Å². The van der Waals surface area contributed by atoms with Crippen LogP contribution in [0.1, 0.15) is 48.5 Å². The van der Waals surface area contributed by atoms with Crippen LogP contribution in [0.3, 0.4) is 0 Å². The van der Waals surface area contributed by atoms with Gasteiger partial charge in [-0.05, 0) is 55.2 Å². The lowest BCUT2D eigenvalue weighted by atomic mass is 10.2. The monoisotopic (exact) mass is 446 g/mol. The van der Waals surface area contributed by atoms with Crippen molar-refractivity contribution in [2.75, 3.05) is 19.8 Å². The van der Waals surface area contributed by atoms with Crippen molar-refractivity contribution in [1.29, 1.82) is 0 Å². The zero-order valence-electron chi connectivity index (χ0n) is 17.8.